The summed E-state index contributed by atoms with van der Waals surface area (Å²) in [7, 11) is 0. The normalized spacial score (nSPS) is 31.4. The van der Waals surface area contributed by atoms with Gasteiger partial charge in [0.2, 0.25) is 0 Å². The molecule has 91 heavy (non-hydrogen) atoms. The van der Waals surface area contributed by atoms with Crippen molar-refractivity contribution >= 4 is 23.6 Å². The second-order valence-corrected chi connectivity index (χ2v) is 24.1. The summed E-state index contributed by atoms with van der Waals surface area (Å²) in [6.45, 7) is 16.9. The van der Waals surface area contributed by atoms with Crippen LogP contribution in [0.15, 0.2) is 132 Å². The Kier molecular flexibility index (Phi) is 26.7. The van der Waals surface area contributed by atoms with Gasteiger partial charge in [0.05, 0.1) is 55.8 Å². The number of hydrogen-bond acceptors (Lipinski definition) is 18. The van der Waals surface area contributed by atoms with Crippen molar-refractivity contribution in [2.75, 3.05) is 13.2 Å². The number of unbranched alkanes of at least 4 members (excludes halogenated alkanes) is 2. The third-order valence-electron chi connectivity index (χ3n) is 17.5. The van der Waals surface area contributed by atoms with Gasteiger partial charge in [-0.2, -0.15) is 0 Å². The number of benzene rings is 4. The predicted octanol–water partition coefficient (Wildman–Crippen LogP) is 12.1. The summed E-state index contributed by atoms with van der Waals surface area (Å²) < 4.78 is 78.6. The Morgan fingerprint density at radius 3 is 1.45 bits per heavy atom. The van der Waals surface area contributed by atoms with E-state index in [2.05, 4.69) is 20.1 Å². The van der Waals surface area contributed by atoms with Crippen LogP contribution in [0.3, 0.4) is 0 Å². The Hall–Kier alpha value is -6.82. The summed E-state index contributed by atoms with van der Waals surface area (Å²) >= 11 is 0. The Morgan fingerprint density at radius 1 is 0.484 bits per heavy atom. The number of amides is 1. The molecule has 23 heteroatoms. The maximum atomic E-state index is 14.1. The van der Waals surface area contributed by atoms with E-state index in [4.69, 9.17) is 56.8 Å². The predicted molar refractivity (Wildman–Crippen MR) is 333 cm³/mol. The molecule has 20 atom stereocenters. The molecule has 1 amide bonds. The quantitative estimate of drug-likeness (QED) is 0.0154. The molecule has 0 saturated carbocycles. The Balaban J connectivity index is 0.959. The number of carbonyl (C=O) groups excluding carboxylic acids is 4. The average Bonchev–Trinajstić information content (AvgIpc) is 0.810. The number of carbonyl (C=O) groups is 4. The SMILES string of the molecule is CCC1O[C@H](O[C@@H]2C(C(C)=O)O[C@@H](O[C@H]3C(C)C(N=[N+]=[N-])[C@@H](OCCCCCN(Cc4ccccc4)C(=O)OCc4ccccc4)O[C@H]3CC)C(C)C2OCc2ccccc2)[C@@H](N=[N+]=[N-])C(C)[C@@H]1O[C@@H]1OC(C(C)=O)[C@@H](C)[C@@H](OCc2ccccc2)C1OC(C)=O. The molecule has 4 aliphatic rings. The molecule has 8 rings (SSSR count). The molecular weight excluding hydrogens is 1170 g/mol. The van der Waals surface area contributed by atoms with Gasteiger partial charge in [0.1, 0.15) is 31.0 Å². The standard InChI is InChI=1S/C68H89N7O16/c1-10-52-57(41(3)54(71-73-69)65(85-52)80-36-26-16-25-35-75(37-48-27-17-12-18-28-48)68(79)83-40-51-33-23-15-24-34-51)88-64-44(6)60(82-39-50-31-21-14-22-32-50)62(61(90-64)46(8)77)91-66-55(72-74-70)42(4)58(53(11-2)86-66)89-67-63(84-47(9)78)59(43(5)56(87-67)45(7)76)81-38-49-29-19-13-20-30-49/h12-15,17-24,27-34,41-44,52-67H,10-11,16,25-26,35-40H2,1-9H3/t41?,42?,43-,44?,52+,53?,54?,55+,56?,57+,58+,59-,60?,61?,62+,63?,64-,65+,66-,67+/m1/s1. The third kappa shape index (κ3) is 18.7. The first kappa shape index (κ1) is 70.1. The van der Waals surface area contributed by atoms with Crippen molar-refractivity contribution in [2.24, 2.45) is 33.9 Å². The van der Waals surface area contributed by atoms with Crippen molar-refractivity contribution in [3.05, 3.63) is 164 Å². The van der Waals surface area contributed by atoms with E-state index in [1.807, 2.05) is 156 Å². The monoisotopic (exact) mass is 1260 g/mol. The molecule has 4 aromatic carbocycles. The number of ether oxygens (including phenoxy) is 12. The maximum absolute atomic E-state index is 14.1. The third-order valence-corrected chi connectivity index (χ3v) is 17.5. The van der Waals surface area contributed by atoms with Crippen molar-refractivity contribution in [1.29, 1.82) is 0 Å². The molecule has 23 nitrogen and oxygen atoms in total. The molecule has 9 unspecified atom stereocenters. The molecule has 492 valence electrons. The number of nitrogens with zero attached hydrogens (tertiary/aromatic N) is 7. The van der Waals surface area contributed by atoms with Crippen molar-refractivity contribution in [1.82, 2.24) is 4.90 Å². The Bertz CT molecular complexity index is 3020. The highest BCUT2D eigenvalue weighted by atomic mass is 16.8. The highest BCUT2D eigenvalue weighted by molar-refractivity contribution is 5.81. The van der Waals surface area contributed by atoms with E-state index in [1.54, 1.807) is 11.8 Å². The molecule has 0 bridgehead atoms. The summed E-state index contributed by atoms with van der Waals surface area (Å²) in [4.78, 5) is 61.7. The molecule has 4 heterocycles. The number of rotatable bonds is 30. The first-order valence-electron chi connectivity index (χ1n) is 31.8. The first-order chi connectivity index (χ1) is 44.0. The average molecular weight is 1260 g/mol. The van der Waals surface area contributed by atoms with E-state index in [0.29, 0.717) is 38.8 Å². The first-order valence-corrected chi connectivity index (χ1v) is 31.8. The second kappa shape index (κ2) is 34.7. The maximum Gasteiger partial charge on any atom is 0.410 e. The lowest BCUT2D eigenvalue weighted by molar-refractivity contribution is -0.358. The van der Waals surface area contributed by atoms with Crippen LogP contribution in [0.1, 0.15) is 117 Å². The lowest BCUT2D eigenvalue weighted by atomic mass is 9.85. The van der Waals surface area contributed by atoms with Crippen LogP contribution in [-0.2, 0) is 97.6 Å². The van der Waals surface area contributed by atoms with Gasteiger partial charge in [-0.25, -0.2) is 4.79 Å². The summed E-state index contributed by atoms with van der Waals surface area (Å²) in [6, 6.07) is 36.4. The van der Waals surface area contributed by atoms with E-state index < -0.39 is 140 Å². The van der Waals surface area contributed by atoms with Crippen molar-refractivity contribution in [3.8, 4) is 0 Å². The van der Waals surface area contributed by atoms with Crippen LogP contribution in [0.4, 0.5) is 4.79 Å². The summed E-state index contributed by atoms with van der Waals surface area (Å²) in [5.74, 6) is -3.67. The minimum absolute atomic E-state index is 0.106. The van der Waals surface area contributed by atoms with Gasteiger partial charge in [-0.1, -0.05) is 173 Å². The number of esters is 1. The van der Waals surface area contributed by atoms with Gasteiger partial charge < -0.3 is 61.7 Å². The molecule has 0 aliphatic carbocycles. The van der Waals surface area contributed by atoms with E-state index in [0.717, 1.165) is 28.7 Å². The zero-order valence-electron chi connectivity index (χ0n) is 53.5. The number of Topliss-reactive ketones (excluding diaryl/α,β-unsaturated/α-hetero) is 2. The largest absolute Gasteiger partial charge is 0.454 e. The van der Waals surface area contributed by atoms with Crippen molar-refractivity contribution < 1.29 is 76.0 Å². The lowest BCUT2D eigenvalue weighted by Crippen LogP contribution is -2.64. The Labute approximate surface area is 533 Å². The fraction of sp³-hybridized carbons (Fsp3) is 0.588. The van der Waals surface area contributed by atoms with E-state index in [-0.39, 0.29) is 32.2 Å². The lowest BCUT2D eigenvalue weighted by Gasteiger charge is -2.51. The van der Waals surface area contributed by atoms with E-state index in [1.165, 1.54) is 20.8 Å². The second-order valence-electron chi connectivity index (χ2n) is 24.1. The highest BCUT2D eigenvalue weighted by Gasteiger charge is 2.56. The van der Waals surface area contributed by atoms with Crippen LogP contribution in [0, 0.1) is 23.7 Å². The molecule has 0 aromatic heterocycles. The van der Waals surface area contributed by atoms with Gasteiger partial charge in [-0.05, 0) is 91.1 Å². The molecule has 4 aliphatic heterocycles. The molecule has 4 aromatic rings. The molecular formula is C68H89N7O16. The number of hydrogen-bond donors (Lipinski definition) is 0. The molecule has 0 N–H and O–H groups in total. The number of azide groups is 2. The Morgan fingerprint density at radius 2 is 0.945 bits per heavy atom. The van der Waals surface area contributed by atoms with Gasteiger partial charge in [-0.3, -0.25) is 14.4 Å². The smallest absolute Gasteiger partial charge is 0.410 e. The fourth-order valence-corrected chi connectivity index (χ4v) is 12.6. The molecule has 0 radical (unpaired) electrons. The van der Waals surface area contributed by atoms with Gasteiger partial charge in [0.25, 0.3) is 0 Å². The molecule has 4 fully saturated rings. The highest BCUT2D eigenvalue weighted by Crippen LogP contribution is 2.42. The number of ketones is 2. The van der Waals surface area contributed by atoms with Crippen LogP contribution in [0.5, 0.6) is 0 Å². The van der Waals surface area contributed by atoms with Gasteiger partial charge in [0.15, 0.2) is 42.8 Å². The van der Waals surface area contributed by atoms with Crippen LogP contribution in [-0.4, -0.2) is 140 Å². The topological polar surface area (TPSA) is 280 Å². The van der Waals surface area contributed by atoms with Gasteiger partial charge >= 0.3 is 12.1 Å². The fourth-order valence-electron chi connectivity index (χ4n) is 12.6. The minimum atomic E-state index is -1.33. The van der Waals surface area contributed by atoms with E-state index in [9.17, 15) is 30.2 Å². The van der Waals surface area contributed by atoms with Crippen LogP contribution >= 0.6 is 0 Å². The van der Waals surface area contributed by atoms with Gasteiger partial charge in [0, 0.05) is 48.3 Å². The zero-order chi connectivity index (χ0) is 65.0. The molecule has 4 saturated heterocycles. The van der Waals surface area contributed by atoms with Crippen molar-refractivity contribution in [3.63, 3.8) is 0 Å². The summed E-state index contributed by atoms with van der Waals surface area (Å²) in [5, 5.41) is 8.42. The van der Waals surface area contributed by atoms with Crippen LogP contribution in [0.25, 0.3) is 20.9 Å². The van der Waals surface area contributed by atoms with Crippen molar-refractivity contribution in [2.45, 2.75) is 219 Å². The van der Waals surface area contributed by atoms with Crippen LogP contribution in [0.2, 0.25) is 0 Å². The van der Waals surface area contributed by atoms with Crippen LogP contribution < -0.4 is 0 Å². The molecule has 0 spiro atoms. The minimum Gasteiger partial charge on any atom is -0.454 e. The van der Waals surface area contributed by atoms with Gasteiger partial charge in [-0.15, -0.1) is 0 Å². The van der Waals surface area contributed by atoms with E-state index >= 15 is 0 Å². The summed E-state index contributed by atoms with van der Waals surface area (Å²) in [6.07, 6.45) is -11.5. The summed E-state index contributed by atoms with van der Waals surface area (Å²) in [5.41, 5.74) is 23.7. The zero-order valence-corrected chi connectivity index (χ0v) is 53.5.